The molecule has 6 heteroatoms. The lowest BCUT2D eigenvalue weighted by Crippen LogP contribution is -2.12. The second-order valence-corrected chi connectivity index (χ2v) is 11.0. The first kappa shape index (κ1) is 21.9. The van der Waals surface area contributed by atoms with Gasteiger partial charge in [-0.2, -0.15) is 0 Å². The van der Waals surface area contributed by atoms with Gasteiger partial charge >= 0.3 is 0 Å². The summed E-state index contributed by atoms with van der Waals surface area (Å²) in [6.45, 7) is 8.54. The SMILES string of the molecule is CCC(I)COc1cc(OCC(C)I)cc(OCC(I)CC)c1. The van der Waals surface area contributed by atoms with Gasteiger partial charge in [0.15, 0.2) is 0 Å². The molecule has 0 saturated heterocycles. The van der Waals surface area contributed by atoms with Crippen molar-refractivity contribution in [2.24, 2.45) is 0 Å². The lowest BCUT2D eigenvalue weighted by molar-refractivity contribution is 0.290. The van der Waals surface area contributed by atoms with Crippen molar-refractivity contribution in [1.82, 2.24) is 0 Å². The minimum atomic E-state index is 0.458. The Morgan fingerprint density at radius 3 is 1.39 bits per heavy atom. The van der Waals surface area contributed by atoms with Gasteiger partial charge < -0.3 is 14.2 Å². The molecule has 0 heterocycles. The Hall–Kier alpha value is 0.810. The molecule has 0 bridgehead atoms. The predicted octanol–water partition coefficient (Wildman–Crippen LogP) is 6.07. The van der Waals surface area contributed by atoms with Crippen LogP contribution in [0.25, 0.3) is 0 Å². The molecule has 1 aromatic carbocycles. The van der Waals surface area contributed by atoms with E-state index in [9.17, 15) is 0 Å². The van der Waals surface area contributed by atoms with Crippen LogP contribution in [-0.2, 0) is 0 Å². The maximum absolute atomic E-state index is 5.91. The van der Waals surface area contributed by atoms with Crippen molar-refractivity contribution in [2.75, 3.05) is 19.8 Å². The molecule has 0 aliphatic carbocycles. The Bertz CT molecular complexity index is 422. The molecular weight excluding hydrogens is 633 g/mol. The molecule has 3 unspecified atom stereocenters. The summed E-state index contributed by atoms with van der Waals surface area (Å²) in [6, 6.07) is 5.86. The van der Waals surface area contributed by atoms with E-state index in [2.05, 4.69) is 88.5 Å². The van der Waals surface area contributed by atoms with Gasteiger partial charge in [0.25, 0.3) is 0 Å². The van der Waals surface area contributed by atoms with Crippen molar-refractivity contribution >= 4 is 67.8 Å². The molecule has 0 radical (unpaired) electrons. The van der Waals surface area contributed by atoms with Crippen molar-refractivity contribution in [3.05, 3.63) is 18.2 Å². The fourth-order valence-electron chi connectivity index (χ4n) is 1.62. The molecule has 132 valence electrons. The summed E-state index contributed by atoms with van der Waals surface area (Å²) in [4.78, 5) is 0. The number of hydrogen-bond donors (Lipinski definition) is 0. The number of alkyl halides is 3. The predicted molar refractivity (Wildman–Crippen MR) is 123 cm³/mol. The summed E-state index contributed by atoms with van der Waals surface area (Å²) in [7, 11) is 0. The molecule has 0 N–H and O–H groups in total. The van der Waals surface area contributed by atoms with E-state index >= 15 is 0 Å². The number of ether oxygens (including phenoxy) is 3. The Kier molecular flexibility index (Phi) is 11.6. The van der Waals surface area contributed by atoms with E-state index in [-0.39, 0.29) is 0 Å². The summed E-state index contributed by atoms with van der Waals surface area (Å²) in [5, 5.41) is 0. The molecule has 0 aromatic heterocycles. The van der Waals surface area contributed by atoms with Gasteiger partial charge in [-0.3, -0.25) is 0 Å². The van der Waals surface area contributed by atoms with Crippen LogP contribution in [0.3, 0.4) is 0 Å². The molecule has 0 fully saturated rings. The second-order valence-electron chi connectivity index (χ2n) is 5.36. The van der Waals surface area contributed by atoms with Crippen LogP contribution in [0.1, 0.15) is 33.6 Å². The zero-order valence-electron chi connectivity index (χ0n) is 13.9. The Morgan fingerprint density at radius 2 is 1.09 bits per heavy atom. The summed E-state index contributed by atoms with van der Waals surface area (Å²) in [5.41, 5.74) is 0. The smallest absolute Gasteiger partial charge is 0.126 e. The van der Waals surface area contributed by atoms with Crippen molar-refractivity contribution in [3.63, 3.8) is 0 Å². The summed E-state index contributed by atoms with van der Waals surface area (Å²) < 4.78 is 19.1. The Morgan fingerprint density at radius 1 is 0.739 bits per heavy atom. The van der Waals surface area contributed by atoms with Gasteiger partial charge in [0, 0.05) is 30.0 Å². The summed E-state index contributed by atoms with van der Waals surface area (Å²) in [6.07, 6.45) is 2.19. The van der Waals surface area contributed by atoms with Gasteiger partial charge in [-0.15, -0.1) is 0 Å². The fraction of sp³-hybridized carbons (Fsp3) is 0.647. The number of hydrogen-bond acceptors (Lipinski definition) is 3. The van der Waals surface area contributed by atoms with Gasteiger partial charge in [-0.25, -0.2) is 0 Å². The molecule has 23 heavy (non-hydrogen) atoms. The van der Waals surface area contributed by atoms with Gasteiger partial charge in [-0.05, 0) is 12.8 Å². The first-order valence-corrected chi connectivity index (χ1v) is 11.6. The maximum atomic E-state index is 5.91. The zero-order valence-corrected chi connectivity index (χ0v) is 20.3. The van der Waals surface area contributed by atoms with E-state index in [1.165, 1.54) is 0 Å². The third kappa shape index (κ3) is 9.76. The average molecular weight is 658 g/mol. The van der Waals surface area contributed by atoms with E-state index in [1.54, 1.807) is 0 Å². The molecule has 0 aliphatic rings. The number of rotatable bonds is 11. The lowest BCUT2D eigenvalue weighted by Gasteiger charge is -2.16. The van der Waals surface area contributed by atoms with Gasteiger partial charge in [0.1, 0.15) is 17.2 Å². The van der Waals surface area contributed by atoms with Crippen LogP contribution in [0.5, 0.6) is 17.2 Å². The maximum Gasteiger partial charge on any atom is 0.126 e. The molecule has 3 nitrogen and oxygen atoms in total. The van der Waals surface area contributed by atoms with Gasteiger partial charge in [0.2, 0.25) is 0 Å². The molecule has 1 rings (SSSR count). The monoisotopic (exact) mass is 658 g/mol. The van der Waals surface area contributed by atoms with Crippen LogP contribution < -0.4 is 14.2 Å². The minimum absolute atomic E-state index is 0.458. The van der Waals surface area contributed by atoms with E-state index in [0.29, 0.717) is 31.6 Å². The Labute approximate surface area is 181 Å². The lowest BCUT2D eigenvalue weighted by atomic mass is 10.3. The number of benzene rings is 1. The minimum Gasteiger partial charge on any atom is -0.492 e. The van der Waals surface area contributed by atoms with E-state index in [1.807, 2.05) is 18.2 Å². The third-order valence-electron chi connectivity index (χ3n) is 3.08. The van der Waals surface area contributed by atoms with E-state index < -0.39 is 0 Å². The van der Waals surface area contributed by atoms with Crippen LogP contribution in [0, 0.1) is 0 Å². The highest BCUT2D eigenvalue weighted by Crippen LogP contribution is 2.29. The Balaban J connectivity index is 2.78. The van der Waals surface area contributed by atoms with Gasteiger partial charge in [-0.1, -0.05) is 88.5 Å². The van der Waals surface area contributed by atoms with Crippen LogP contribution in [0.15, 0.2) is 18.2 Å². The normalized spacial score (nSPS) is 14.9. The van der Waals surface area contributed by atoms with Crippen LogP contribution >= 0.6 is 67.8 Å². The molecule has 0 spiro atoms. The van der Waals surface area contributed by atoms with E-state index in [0.717, 1.165) is 30.1 Å². The average Bonchev–Trinajstić information content (AvgIpc) is 2.55. The standard InChI is InChI=1S/C17H25I3O3/c1-4-13(19)10-22-16-6-15(21-9-12(3)18)7-17(8-16)23-11-14(20)5-2/h6-8,12-14H,4-5,9-11H2,1-3H3. The highest BCUT2D eigenvalue weighted by molar-refractivity contribution is 14.1. The van der Waals surface area contributed by atoms with Crippen molar-refractivity contribution in [1.29, 1.82) is 0 Å². The third-order valence-corrected chi connectivity index (χ3v) is 5.92. The van der Waals surface area contributed by atoms with E-state index in [4.69, 9.17) is 14.2 Å². The van der Waals surface area contributed by atoms with Crippen LogP contribution in [-0.4, -0.2) is 31.6 Å². The largest absolute Gasteiger partial charge is 0.492 e. The first-order chi connectivity index (χ1) is 10.9. The topological polar surface area (TPSA) is 27.7 Å². The molecule has 0 amide bonds. The summed E-state index contributed by atoms with van der Waals surface area (Å²) >= 11 is 7.19. The highest BCUT2D eigenvalue weighted by Gasteiger charge is 2.09. The van der Waals surface area contributed by atoms with Crippen LogP contribution in [0.4, 0.5) is 0 Å². The molecule has 0 aliphatic heterocycles. The molecule has 0 saturated carbocycles. The van der Waals surface area contributed by atoms with Crippen molar-refractivity contribution < 1.29 is 14.2 Å². The zero-order chi connectivity index (χ0) is 17.2. The van der Waals surface area contributed by atoms with Crippen LogP contribution in [0.2, 0.25) is 0 Å². The highest BCUT2D eigenvalue weighted by atomic mass is 127. The molecular formula is C17H25I3O3. The second kappa shape index (κ2) is 12.2. The fourth-order valence-corrected chi connectivity index (χ4v) is 2.16. The molecule has 3 atom stereocenters. The van der Waals surface area contributed by atoms with Crippen molar-refractivity contribution in [2.45, 2.75) is 45.4 Å². The van der Waals surface area contributed by atoms with Crippen molar-refractivity contribution in [3.8, 4) is 17.2 Å². The van der Waals surface area contributed by atoms with Gasteiger partial charge in [0.05, 0.1) is 19.8 Å². The molecule has 1 aromatic rings. The first-order valence-electron chi connectivity index (χ1n) is 7.90. The number of halogens is 3. The quantitative estimate of drug-likeness (QED) is 0.214. The summed E-state index contributed by atoms with van der Waals surface area (Å²) in [5.74, 6) is 2.44.